The van der Waals surface area contributed by atoms with Gasteiger partial charge in [-0.15, -0.1) is 0 Å². The van der Waals surface area contributed by atoms with Gasteiger partial charge in [-0.05, 0) is 24.1 Å². The summed E-state index contributed by atoms with van der Waals surface area (Å²) in [6.07, 6.45) is 2.73. The van der Waals surface area contributed by atoms with E-state index in [9.17, 15) is 0 Å². The van der Waals surface area contributed by atoms with Crippen molar-refractivity contribution in [3.05, 3.63) is 35.0 Å². The molecule has 74 valence electrons. The molecule has 1 heterocycles. The van der Waals surface area contributed by atoms with Gasteiger partial charge in [0.25, 0.3) is 0 Å². The van der Waals surface area contributed by atoms with Crippen LogP contribution in [-0.2, 0) is 13.5 Å². The Balaban J connectivity index is 2.65. The third kappa shape index (κ3) is 1.51. The lowest BCUT2D eigenvalue weighted by Crippen LogP contribution is -1.88. The highest BCUT2D eigenvalue weighted by atomic mass is 35.5. The molecule has 0 spiro atoms. The Hall–Kier alpha value is -0.990. The summed E-state index contributed by atoms with van der Waals surface area (Å²) in [6, 6.07) is 5.82. The number of benzene rings is 1. The summed E-state index contributed by atoms with van der Waals surface area (Å²) in [7, 11) is 1.99. The molecule has 0 aliphatic rings. The van der Waals surface area contributed by atoms with Crippen molar-refractivity contribution in [1.82, 2.24) is 4.57 Å². The third-order valence-electron chi connectivity index (χ3n) is 2.42. The molecule has 0 saturated carbocycles. The first-order valence-corrected chi connectivity index (χ1v) is 4.94. The zero-order chi connectivity index (χ0) is 10.1. The van der Waals surface area contributed by atoms with Crippen LogP contribution in [0.4, 0.5) is 0 Å². The van der Waals surface area contributed by atoms with Crippen molar-refractivity contribution in [2.75, 3.05) is 6.61 Å². The summed E-state index contributed by atoms with van der Waals surface area (Å²) >= 11 is 5.91. The largest absolute Gasteiger partial charge is 0.396 e. The maximum absolute atomic E-state index is 8.91. The van der Waals surface area contributed by atoms with Crippen LogP contribution in [0.3, 0.4) is 0 Å². The highest BCUT2D eigenvalue weighted by Gasteiger charge is 2.05. The van der Waals surface area contributed by atoms with E-state index in [0.29, 0.717) is 6.42 Å². The molecule has 1 N–H and O–H groups in total. The minimum Gasteiger partial charge on any atom is -0.396 e. The zero-order valence-corrected chi connectivity index (χ0v) is 8.75. The van der Waals surface area contributed by atoms with Gasteiger partial charge in [0.05, 0.1) is 0 Å². The SMILES string of the molecule is Cn1cc(CCO)c2ccc(Cl)cc21. The van der Waals surface area contributed by atoms with Crippen LogP contribution in [0.2, 0.25) is 5.02 Å². The summed E-state index contributed by atoms with van der Waals surface area (Å²) in [5.41, 5.74) is 2.28. The van der Waals surface area contributed by atoms with Crippen molar-refractivity contribution in [1.29, 1.82) is 0 Å². The topological polar surface area (TPSA) is 25.2 Å². The van der Waals surface area contributed by atoms with Gasteiger partial charge in [-0.2, -0.15) is 0 Å². The van der Waals surface area contributed by atoms with Crippen molar-refractivity contribution < 1.29 is 5.11 Å². The average molecular weight is 210 g/mol. The fourth-order valence-corrected chi connectivity index (χ4v) is 1.93. The van der Waals surface area contributed by atoms with Crippen LogP contribution >= 0.6 is 11.6 Å². The molecule has 0 radical (unpaired) electrons. The lowest BCUT2D eigenvalue weighted by molar-refractivity contribution is 0.300. The molecule has 0 aliphatic heterocycles. The standard InChI is InChI=1S/C11H12ClNO/c1-13-7-8(4-5-14)10-3-2-9(12)6-11(10)13/h2-3,6-7,14H,4-5H2,1H3. The maximum atomic E-state index is 8.91. The van der Waals surface area contributed by atoms with Crippen LogP contribution in [-0.4, -0.2) is 16.3 Å². The molecule has 0 amide bonds. The summed E-state index contributed by atoms with van der Waals surface area (Å²) < 4.78 is 2.03. The molecule has 2 aromatic rings. The fraction of sp³-hybridized carbons (Fsp3) is 0.273. The normalized spacial score (nSPS) is 11.1. The zero-order valence-electron chi connectivity index (χ0n) is 8.00. The molecule has 3 heteroatoms. The van der Waals surface area contributed by atoms with Gasteiger partial charge >= 0.3 is 0 Å². The molecule has 0 bridgehead atoms. The van der Waals surface area contributed by atoms with E-state index in [1.165, 1.54) is 10.9 Å². The Morgan fingerprint density at radius 3 is 2.93 bits per heavy atom. The number of halogens is 1. The quantitative estimate of drug-likeness (QED) is 0.807. The average Bonchev–Trinajstić information content (AvgIpc) is 2.44. The van der Waals surface area contributed by atoms with Crippen molar-refractivity contribution >= 4 is 22.5 Å². The highest BCUT2D eigenvalue weighted by Crippen LogP contribution is 2.24. The predicted octanol–water partition coefficient (Wildman–Crippen LogP) is 2.37. The highest BCUT2D eigenvalue weighted by molar-refractivity contribution is 6.31. The van der Waals surface area contributed by atoms with Gasteiger partial charge in [-0.25, -0.2) is 0 Å². The second-order valence-electron chi connectivity index (χ2n) is 3.40. The van der Waals surface area contributed by atoms with Crippen molar-refractivity contribution in [2.24, 2.45) is 7.05 Å². The van der Waals surface area contributed by atoms with Crippen LogP contribution in [0.25, 0.3) is 10.9 Å². The predicted molar refractivity (Wildman–Crippen MR) is 58.7 cm³/mol. The molecule has 2 nitrogen and oxygen atoms in total. The number of aliphatic hydroxyl groups excluding tert-OH is 1. The molecular weight excluding hydrogens is 198 g/mol. The Morgan fingerprint density at radius 1 is 1.43 bits per heavy atom. The number of aromatic nitrogens is 1. The smallest absolute Gasteiger partial charge is 0.0495 e. The van der Waals surface area contributed by atoms with Crippen LogP contribution in [0.5, 0.6) is 0 Å². The molecule has 2 rings (SSSR count). The van der Waals surface area contributed by atoms with Gasteiger partial charge in [0.15, 0.2) is 0 Å². The number of hydrogen-bond acceptors (Lipinski definition) is 1. The third-order valence-corrected chi connectivity index (χ3v) is 2.65. The minimum atomic E-state index is 0.182. The van der Waals surface area contributed by atoms with Gasteiger partial charge in [-0.3, -0.25) is 0 Å². The van der Waals surface area contributed by atoms with E-state index in [2.05, 4.69) is 0 Å². The van der Waals surface area contributed by atoms with E-state index < -0.39 is 0 Å². The van der Waals surface area contributed by atoms with Gasteiger partial charge in [0.1, 0.15) is 0 Å². The molecule has 0 fully saturated rings. The van der Waals surface area contributed by atoms with Crippen LogP contribution < -0.4 is 0 Å². The van der Waals surface area contributed by atoms with E-state index in [1.807, 2.05) is 36.0 Å². The number of nitrogens with zero attached hydrogens (tertiary/aromatic N) is 1. The van der Waals surface area contributed by atoms with E-state index in [0.717, 1.165) is 10.5 Å². The number of rotatable bonds is 2. The van der Waals surface area contributed by atoms with Crippen LogP contribution in [0.15, 0.2) is 24.4 Å². The first-order valence-electron chi connectivity index (χ1n) is 4.56. The number of fused-ring (bicyclic) bond motifs is 1. The number of aryl methyl sites for hydroxylation is 1. The van der Waals surface area contributed by atoms with Gasteiger partial charge in [0.2, 0.25) is 0 Å². The van der Waals surface area contributed by atoms with Crippen LogP contribution in [0.1, 0.15) is 5.56 Å². The molecule has 1 aromatic heterocycles. The van der Waals surface area contributed by atoms with Gasteiger partial charge < -0.3 is 9.67 Å². The molecule has 0 atom stereocenters. The summed E-state index contributed by atoms with van der Waals surface area (Å²) in [5, 5.41) is 10.8. The van der Waals surface area contributed by atoms with Crippen molar-refractivity contribution in [3.8, 4) is 0 Å². The molecule has 0 saturated heterocycles. The van der Waals surface area contributed by atoms with E-state index >= 15 is 0 Å². The Morgan fingerprint density at radius 2 is 2.21 bits per heavy atom. The molecule has 1 aromatic carbocycles. The lowest BCUT2D eigenvalue weighted by Gasteiger charge is -1.96. The van der Waals surface area contributed by atoms with E-state index in [-0.39, 0.29) is 6.61 Å². The number of hydrogen-bond donors (Lipinski definition) is 1. The Kier molecular flexibility index (Phi) is 2.48. The van der Waals surface area contributed by atoms with E-state index in [4.69, 9.17) is 16.7 Å². The van der Waals surface area contributed by atoms with Crippen molar-refractivity contribution in [2.45, 2.75) is 6.42 Å². The first-order chi connectivity index (χ1) is 6.72. The summed E-state index contributed by atoms with van der Waals surface area (Å²) in [4.78, 5) is 0. The first kappa shape index (κ1) is 9.56. The summed E-state index contributed by atoms with van der Waals surface area (Å²) in [6.45, 7) is 0.182. The summed E-state index contributed by atoms with van der Waals surface area (Å²) in [5.74, 6) is 0. The second kappa shape index (κ2) is 3.64. The second-order valence-corrected chi connectivity index (χ2v) is 3.84. The molecule has 14 heavy (non-hydrogen) atoms. The van der Waals surface area contributed by atoms with Gasteiger partial charge in [0, 0.05) is 35.8 Å². The Bertz CT molecular complexity index is 462. The molecular formula is C11H12ClNO. The van der Waals surface area contributed by atoms with Crippen LogP contribution in [0, 0.1) is 0 Å². The lowest BCUT2D eigenvalue weighted by atomic mass is 10.1. The molecule has 0 aliphatic carbocycles. The fourth-order valence-electron chi connectivity index (χ4n) is 1.76. The monoisotopic (exact) mass is 209 g/mol. The molecule has 0 unspecified atom stereocenters. The van der Waals surface area contributed by atoms with Crippen molar-refractivity contribution in [3.63, 3.8) is 0 Å². The minimum absolute atomic E-state index is 0.182. The van der Waals surface area contributed by atoms with Gasteiger partial charge in [-0.1, -0.05) is 17.7 Å². The maximum Gasteiger partial charge on any atom is 0.0495 e. The number of aliphatic hydroxyl groups is 1. The Labute approximate surface area is 87.7 Å². The van der Waals surface area contributed by atoms with E-state index in [1.54, 1.807) is 0 Å².